The third-order valence-corrected chi connectivity index (χ3v) is 3.33. The van der Waals surface area contributed by atoms with Crippen LogP contribution in [0.3, 0.4) is 0 Å². The Morgan fingerprint density at radius 1 is 1.27 bits per heavy atom. The zero-order chi connectivity index (χ0) is 11.3. The fraction of sp³-hybridized carbons (Fsp3) is 0.917. The summed E-state index contributed by atoms with van der Waals surface area (Å²) in [6, 6.07) is 0. The molecule has 1 unspecified atom stereocenters. The van der Waals surface area contributed by atoms with Gasteiger partial charge in [-0.25, -0.2) is 0 Å². The van der Waals surface area contributed by atoms with E-state index >= 15 is 0 Å². The second-order valence-corrected chi connectivity index (χ2v) is 4.91. The van der Waals surface area contributed by atoms with E-state index in [0.29, 0.717) is 24.2 Å². The Balaban J connectivity index is 2.37. The lowest BCUT2D eigenvalue weighted by molar-refractivity contribution is -0.132. The van der Waals surface area contributed by atoms with E-state index in [1.807, 2.05) is 4.90 Å². The molecule has 0 aromatic heterocycles. The van der Waals surface area contributed by atoms with Crippen molar-refractivity contribution in [2.24, 2.45) is 11.8 Å². The quantitative estimate of drug-likeness (QED) is 0.768. The molecule has 1 amide bonds. The molecule has 0 aromatic rings. The Morgan fingerprint density at radius 3 is 2.67 bits per heavy atom. The highest BCUT2D eigenvalue weighted by Gasteiger charge is 2.18. The first-order valence-electron chi connectivity index (χ1n) is 6.09. The van der Waals surface area contributed by atoms with Gasteiger partial charge < -0.3 is 10.2 Å². The molecule has 0 bridgehead atoms. The van der Waals surface area contributed by atoms with Gasteiger partial charge in [0.15, 0.2) is 0 Å². The average molecular weight is 212 g/mol. The molecule has 1 rings (SSSR count). The van der Waals surface area contributed by atoms with Crippen LogP contribution in [0, 0.1) is 11.8 Å². The van der Waals surface area contributed by atoms with Gasteiger partial charge in [-0.3, -0.25) is 4.79 Å². The first-order valence-corrected chi connectivity index (χ1v) is 6.09. The SMILES string of the molecule is CC(C)C(C)CC(=O)N1CCCNCC1. The molecule has 1 aliphatic heterocycles. The monoisotopic (exact) mass is 212 g/mol. The molecule has 1 saturated heterocycles. The van der Waals surface area contributed by atoms with E-state index in [1.165, 1.54) is 0 Å². The van der Waals surface area contributed by atoms with Gasteiger partial charge in [0.1, 0.15) is 0 Å². The molecule has 1 aliphatic rings. The van der Waals surface area contributed by atoms with Crippen LogP contribution in [0.4, 0.5) is 0 Å². The molecule has 1 fully saturated rings. The third-order valence-electron chi connectivity index (χ3n) is 3.33. The number of carbonyl (C=O) groups is 1. The van der Waals surface area contributed by atoms with Crippen molar-refractivity contribution in [1.29, 1.82) is 0 Å². The van der Waals surface area contributed by atoms with Gasteiger partial charge in [0.25, 0.3) is 0 Å². The lowest BCUT2D eigenvalue weighted by Gasteiger charge is -2.23. The van der Waals surface area contributed by atoms with E-state index in [1.54, 1.807) is 0 Å². The van der Waals surface area contributed by atoms with Crippen LogP contribution in [0.2, 0.25) is 0 Å². The van der Waals surface area contributed by atoms with E-state index in [9.17, 15) is 4.79 Å². The predicted molar refractivity (Wildman–Crippen MR) is 62.7 cm³/mol. The van der Waals surface area contributed by atoms with Crippen molar-refractivity contribution in [2.45, 2.75) is 33.6 Å². The highest BCUT2D eigenvalue weighted by Crippen LogP contribution is 2.15. The summed E-state index contributed by atoms with van der Waals surface area (Å²) in [6.45, 7) is 10.3. The predicted octanol–water partition coefficient (Wildman–Crippen LogP) is 1.49. The van der Waals surface area contributed by atoms with Gasteiger partial charge in [0.05, 0.1) is 0 Å². The molecule has 1 atom stereocenters. The summed E-state index contributed by atoms with van der Waals surface area (Å²) in [5.74, 6) is 1.42. The third kappa shape index (κ3) is 4.20. The molecule has 0 spiro atoms. The number of hydrogen-bond acceptors (Lipinski definition) is 2. The van der Waals surface area contributed by atoms with E-state index in [2.05, 4.69) is 26.1 Å². The van der Waals surface area contributed by atoms with Crippen LogP contribution in [-0.4, -0.2) is 37.0 Å². The van der Waals surface area contributed by atoms with Gasteiger partial charge in [0, 0.05) is 26.1 Å². The minimum atomic E-state index is 0.333. The Kier molecular flexibility index (Phi) is 5.09. The Bertz CT molecular complexity index is 196. The summed E-state index contributed by atoms with van der Waals surface area (Å²) in [6.07, 6.45) is 1.79. The molecule has 0 radical (unpaired) electrons. The number of amides is 1. The lowest BCUT2D eigenvalue weighted by atomic mass is 9.94. The minimum absolute atomic E-state index is 0.333. The van der Waals surface area contributed by atoms with Crippen LogP contribution < -0.4 is 5.32 Å². The maximum absolute atomic E-state index is 12.0. The minimum Gasteiger partial charge on any atom is -0.341 e. The summed E-state index contributed by atoms with van der Waals surface area (Å²) >= 11 is 0. The molecular weight excluding hydrogens is 188 g/mol. The van der Waals surface area contributed by atoms with Gasteiger partial charge in [-0.15, -0.1) is 0 Å². The van der Waals surface area contributed by atoms with E-state index in [0.717, 1.165) is 32.6 Å². The highest BCUT2D eigenvalue weighted by molar-refractivity contribution is 5.76. The fourth-order valence-corrected chi connectivity index (χ4v) is 1.74. The van der Waals surface area contributed by atoms with Gasteiger partial charge in [-0.05, 0) is 24.8 Å². The van der Waals surface area contributed by atoms with Crippen LogP contribution >= 0.6 is 0 Å². The molecule has 0 aromatic carbocycles. The van der Waals surface area contributed by atoms with Crippen molar-refractivity contribution in [2.75, 3.05) is 26.2 Å². The summed E-state index contributed by atoms with van der Waals surface area (Å²) in [7, 11) is 0. The van der Waals surface area contributed by atoms with Crippen molar-refractivity contribution < 1.29 is 4.79 Å². The van der Waals surface area contributed by atoms with Crippen LogP contribution in [0.25, 0.3) is 0 Å². The van der Waals surface area contributed by atoms with Crippen LogP contribution in [0.1, 0.15) is 33.6 Å². The number of nitrogens with zero attached hydrogens (tertiary/aromatic N) is 1. The van der Waals surface area contributed by atoms with Crippen molar-refractivity contribution >= 4 is 5.91 Å². The largest absolute Gasteiger partial charge is 0.341 e. The fourth-order valence-electron chi connectivity index (χ4n) is 1.74. The number of nitrogens with one attached hydrogen (secondary N) is 1. The number of carbonyl (C=O) groups excluding carboxylic acids is 1. The first-order chi connectivity index (χ1) is 7.11. The lowest BCUT2D eigenvalue weighted by Crippen LogP contribution is -2.35. The van der Waals surface area contributed by atoms with Crippen molar-refractivity contribution in [1.82, 2.24) is 10.2 Å². The second-order valence-electron chi connectivity index (χ2n) is 4.91. The zero-order valence-corrected chi connectivity index (χ0v) is 10.3. The molecule has 1 N–H and O–H groups in total. The molecule has 0 saturated carbocycles. The maximum Gasteiger partial charge on any atom is 0.222 e. The van der Waals surface area contributed by atoms with Gasteiger partial charge in [-0.2, -0.15) is 0 Å². The number of rotatable bonds is 3. The molecule has 3 heteroatoms. The van der Waals surface area contributed by atoms with Crippen LogP contribution in [-0.2, 0) is 4.79 Å². The van der Waals surface area contributed by atoms with Gasteiger partial charge in [-0.1, -0.05) is 20.8 Å². The van der Waals surface area contributed by atoms with E-state index < -0.39 is 0 Å². The Labute approximate surface area is 93.2 Å². The topological polar surface area (TPSA) is 32.3 Å². The van der Waals surface area contributed by atoms with E-state index in [-0.39, 0.29) is 0 Å². The molecule has 1 heterocycles. The molecule has 3 nitrogen and oxygen atoms in total. The number of hydrogen-bond donors (Lipinski definition) is 1. The molecule has 15 heavy (non-hydrogen) atoms. The summed E-state index contributed by atoms with van der Waals surface area (Å²) in [4.78, 5) is 14.0. The highest BCUT2D eigenvalue weighted by atomic mass is 16.2. The van der Waals surface area contributed by atoms with Crippen molar-refractivity contribution in [3.05, 3.63) is 0 Å². The zero-order valence-electron chi connectivity index (χ0n) is 10.3. The van der Waals surface area contributed by atoms with Gasteiger partial charge in [0.2, 0.25) is 5.91 Å². The van der Waals surface area contributed by atoms with Crippen LogP contribution in [0.15, 0.2) is 0 Å². The standard InChI is InChI=1S/C12H24N2O/c1-10(2)11(3)9-12(15)14-7-4-5-13-6-8-14/h10-11,13H,4-9H2,1-3H3. The van der Waals surface area contributed by atoms with Crippen molar-refractivity contribution in [3.63, 3.8) is 0 Å². The summed E-state index contributed by atoms with van der Waals surface area (Å²) in [5, 5.41) is 3.31. The molecule has 88 valence electrons. The van der Waals surface area contributed by atoms with Gasteiger partial charge >= 0.3 is 0 Å². The van der Waals surface area contributed by atoms with E-state index in [4.69, 9.17) is 0 Å². The average Bonchev–Trinajstić information content (AvgIpc) is 2.45. The molecule has 0 aliphatic carbocycles. The molecular formula is C12H24N2O. The van der Waals surface area contributed by atoms with Crippen LogP contribution in [0.5, 0.6) is 0 Å². The first kappa shape index (κ1) is 12.5. The normalized spacial score (nSPS) is 20.1. The summed E-state index contributed by atoms with van der Waals surface area (Å²) < 4.78 is 0. The Hall–Kier alpha value is -0.570. The second kappa shape index (κ2) is 6.11. The smallest absolute Gasteiger partial charge is 0.222 e. The van der Waals surface area contributed by atoms with Crippen molar-refractivity contribution in [3.8, 4) is 0 Å². The summed E-state index contributed by atoms with van der Waals surface area (Å²) in [5.41, 5.74) is 0. The Morgan fingerprint density at radius 2 is 2.00 bits per heavy atom. The maximum atomic E-state index is 12.0.